The zero-order chi connectivity index (χ0) is 15.5. The van der Waals surface area contributed by atoms with Gasteiger partial charge < -0.3 is 4.90 Å². The normalized spacial score (nSPS) is 26.1. The molecule has 2 amide bonds. The van der Waals surface area contributed by atoms with E-state index in [1.165, 1.54) is 37.0 Å². The van der Waals surface area contributed by atoms with E-state index in [9.17, 15) is 4.79 Å². The first-order valence-corrected chi connectivity index (χ1v) is 9.95. The van der Waals surface area contributed by atoms with E-state index in [1.54, 1.807) is 6.20 Å². The van der Waals surface area contributed by atoms with Crippen LogP contribution in [0.4, 0.5) is 9.93 Å². The summed E-state index contributed by atoms with van der Waals surface area (Å²) in [6, 6.07) is 0.873. The molecule has 0 radical (unpaired) electrons. The van der Waals surface area contributed by atoms with Crippen LogP contribution in [0.2, 0.25) is 0 Å². The SMILES string of the molecule is CC1CCC(N(C(=O)Nc2ncc(Br)s2)C2CCCC2)CC1. The third kappa shape index (κ3) is 3.82. The molecule has 0 aromatic carbocycles. The van der Waals surface area contributed by atoms with Gasteiger partial charge in [-0.15, -0.1) is 0 Å². The second-order valence-corrected chi connectivity index (χ2v) is 9.07. The van der Waals surface area contributed by atoms with Crippen molar-refractivity contribution >= 4 is 38.4 Å². The quantitative estimate of drug-likeness (QED) is 0.770. The number of nitrogens with one attached hydrogen (secondary N) is 1. The Morgan fingerprint density at radius 2 is 1.86 bits per heavy atom. The Hall–Kier alpha value is -0.620. The number of hydrogen-bond donors (Lipinski definition) is 1. The fourth-order valence-electron chi connectivity index (χ4n) is 3.80. The van der Waals surface area contributed by atoms with Gasteiger partial charge in [-0.2, -0.15) is 0 Å². The van der Waals surface area contributed by atoms with Crippen LogP contribution in [-0.4, -0.2) is 28.0 Å². The number of anilines is 1. The fourth-order valence-corrected chi connectivity index (χ4v) is 4.90. The average Bonchev–Trinajstić information content (AvgIpc) is 3.14. The van der Waals surface area contributed by atoms with Crippen molar-refractivity contribution in [2.24, 2.45) is 5.92 Å². The van der Waals surface area contributed by atoms with E-state index in [0.29, 0.717) is 17.2 Å². The van der Waals surface area contributed by atoms with E-state index in [2.05, 4.69) is 38.1 Å². The summed E-state index contributed by atoms with van der Waals surface area (Å²) in [4.78, 5) is 19.3. The van der Waals surface area contributed by atoms with E-state index < -0.39 is 0 Å². The van der Waals surface area contributed by atoms with Crippen LogP contribution in [0.25, 0.3) is 0 Å². The Kier molecular flexibility index (Phi) is 5.39. The van der Waals surface area contributed by atoms with E-state index in [1.807, 2.05) is 0 Å². The lowest BCUT2D eigenvalue weighted by Gasteiger charge is -2.39. The highest BCUT2D eigenvalue weighted by molar-refractivity contribution is 9.11. The number of carbonyl (C=O) groups excluding carboxylic acids is 1. The second-order valence-electron chi connectivity index (χ2n) is 6.66. The second kappa shape index (κ2) is 7.30. The Morgan fingerprint density at radius 3 is 2.45 bits per heavy atom. The van der Waals surface area contributed by atoms with Gasteiger partial charge in [0.15, 0.2) is 5.13 Å². The van der Waals surface area contributed by atoms with Gasteiger partial charge in [-0.05, 0) is 60.4 Å². The summed E-state index contributed by atoms with van der Waals surface area (Å²) in [5.41, 5.74) is 0. The largest absolute Gasteiger partial charge is 0.324 e. The fraction of sp³-hybridized carbons (Fsp3) is 0.750. The highest BCUT2D eigenvalue weighted by Crippen LogP contribution is 2.33. The molecule has 3 rings (SSSR count). The molecule has 4 nitrogen and oxygen atoms in total. The van der Waals surface area contributed by atoms with Crippen LogP contribution in [0.3, 0.4) is 0 Å². The average molecular weight is 386 g/mol. The summed E-state index contributed by atoms with van der Waals surface area (Å²) >= 11 is 4.87. The minimum absolute atomic E-state index is 0.0494. The molecule has 1 heterocycles. The smallest absolute Gasteiger partial charge is 0.319 e. The molecule has 2 fully saturated rings. The number of urea groups is 1. The van der Waals surface area contributed by atoms with Crippen molar-refractivity contribution < 1.29 is 4.79 Å². The lowest BCUT2D eigenvalue weighted by atomic mass is 9.86. The molecule has 1 aromatic heterocycles. The van der Waals surface area contributed by atoms with E-state index in [0.717, 1.165) is 35.4 Å². The van der Waals surface area contributed by atoms with Gasteiger partial charge in [-0.1, -0.05) is 31.1 Å². The van der Waals surface area contributed by atoms with E-state index in [4.69, 9.17) is 0 Å². The molecule has 1 aromatic rings. The van der Waals surface area contributed by atoms with Crippen LogP contribution >= 0.6 is 27.3 Å². The van der Waals surface area contributed by atoms with Crippen molar-refractivity contribution in [3.63, 3.8) is 0 Å². The summed E-state index contributed by atoms with van der Waals surface area (Å²) in [5, 5.41) is 3.70. The van der Waals surface area contributed by atoms with Gasteiger partial charge in [0.25, 0.3) is 0 Å². The number of carbonyl (C=O) groups is 1. The summed E-state index contributed by atoms with van der Waals surface area (Å²) < 4.78 is 0.946. The third-order valence-electron chi connectivity index (χ3n) is 5.02. The molecule has 0 spiro atoms. The number of halogens is 1. The van der Waals surface area contributed by atoms with Gasteiger partial charge >= 0.3 is 6.03 Å². The van der Waals surface area contributed by atoms with Gasteiger partial charge in [-0.3, -0.25) is 5.32 Å². The maximum atomic E-state index is 12.9. The maximum absolute atomic E-state index is 12.9. The number of aromatic nitrogens is 1. The molecule has 2 aliphatic rings. The Bertz CT molecular complexity index is 507. The molecule has 0 atom stereocenters. The minimum Gasteiger partial charge on any atom is -0.319 e. The summed E-state index contributed by atoms with van der Waals surface area (Å²) in [6.07, 6.45) is 11.3. The zero-order valence-electron chi connectivity index (χ0n) is 13.1. The topological polar surface area (TPSA) is 45.2 Å². The number of thiazole rings is 1. The van der Waals surface area contributed by atoms with Crippen molar-refractivity contribution in [2.75, 3.05) is 5.32 Å². The van der Waals surface area contributed by atoms with Crippen LogP contribution in [-0.2, 0) is 0 Å². The van der Waals surface area contributed by atoms with Crippen molar-refractivity contribution in [1.82, 2.24) is 9.88 Å². The predicted molar refractivity (Wildman–Crippen MR) is 94.3 cm³/mol. The van der Waals surface area contributed by atoms with Crippen molar-refractivity contribution in [3.8, 4) is 0 Å². The Labute approximate surface area is 144 Å². The number of amides is 2. The molecule has 0 bridgehead atoms. The maximum Gasteiger partial charge on any atom is 0.324 e. The van der Waals surface area contributed by atoms with Gasteiger partial charge in [0, 0.05) is 12.1 Å². The minimum atomic E-state index is 0.0494. The first-order valence-electron chi connectivity index (χ1n) is 8.34. The van der Waals surface area contributed by atoms with Crippen LogP contribution in [0.5, 0.6) is 0 Å². The zero-order valence-corrected chi connectivity index (χ0v) is 15.5. The standard InChI is InChI=1S/C16H24BrN3OS/c1-11-6-8-13(9-7-11)20(12-4-2-3-5-12)16(21)19-15-18-10-14(17)22-15/h10-13H,2-9H2,1H3,(H,18,19,21). The molecule has 6 heteroatoms. The number of nitrogens with zero attached hydrogens (tertiary/aromatic N) is 2. The summed E-state index contributed by atoms with van der Waals surface area (Å²) in [7, 11) is 0. The van der Waals surface area contributed by atoms with Gasteiger partial charge in [0.2, 0.25) is 0 Å². The third-order valence-corrected chi connectivity index (χ3v) is 6.41. The number of hydrogen-bond acceptors (Lipinski definition) is 3. The molecule has 0 aliphatic heterocycles. The first-order chi connectivity index (χ1) is 10.6. The molecular formula is C16H24BrN3OS. The van der Waals surface area contributed by atoms with Gasteiger partial charge in [-0.25, -0.2) is 9.78 Å². The highest BCUT2D eigenvalue weighted by atomic mass is 79.9. The van der Waals surface area contributed by atoms with E-state index >= 15 is 0 Å². The van der Waals surface area contributed by atoms with E-state index in [-0.39, 0.29) is 6.03 Å². The van der Waals surface area contributed by atoms with Crippen molar-refractivity contribution in [3.05, 3.63) is 9.98 Å². The molecule has 22 heavy (non-hydrogen) atoms. The first kappa shape index (κ1) is 16.2. The van der Waals surface area contributed by atoms with Gasteiger partial charge in [0.05, 0.1) is 9.98 Å². The summed E-state index contributed by atoms with van der Waals surface area (Å²) in [6.45, 7) is 2.32. The van der Waals surface area contributed by atoms with Crippen molar-refractivity contribution in [2.45, 2.75) is 70.4 Å². The molecular weight excluding hydrogens is 362 g/mol. The van der Waals surface area contributed by atoms with Crippen LogP contribution in [0, 0.1) is 5.92 Å². The predicted octanol–water partition coefficient (Wildman–Crippen LogP) is 5.26. The monoisotopic (exact) mass is 385 g/mol. The lowest BCUT2D eigenvalue weighted by Crippen LogP contribution is -2.49. The van der Waals surface area contributed by atoms with Crippen molar-refractivity contribution in [1.29, 1.82) is 0 Å². The lowest BCUT2D eigenvalue weighted by molar-refractivity contribution is 0.124. The number of rotatable bonds is 3. The molecule has 1 N–H and O–H groups in total. The molecule has 2 aliphatic carbocycles. The summed E-state index contributed by atoms with van der Waals surface area (Å²) in [5.74, 6) is 0.805. The van der Waals surface area contributed by atoms with Crippen LogP contribution in [0.15, 0.2) is 9.98 Å². The van der Waals surface area contributed by atoms with Crippen LogP contribution < -0.4 is 5.32 Å². The molecule has 0 unspecified atom stereocenters. The van der Waals surface area contributed by atoms with Gasteiger partial charge in [0.1, 0.15) is 0 Å². The molecule has 0 saturated heterocycles. The van der Waals surface area contributed by atoms with Crippen LogP contribution in [0.1, 0.15) is 58.3 Å². The molecule has 122 valence electrons. The highest BCUT2D eigenvalue weighted by Gasteiger charge is 2.34. The molecule has 2 saturated carbocycles. The Balaban J connectivity index is 1.71. The Morgan fingerprint density at radius 1 is 1.23 bits per heavy atom.